The van der Waals surface area contributed by atoms with Gasteiger partial charge in [0.05, 0.1) is 5.56 Å². The summed E-state index contributed by atoms with van der Waals surface area (Å²) < 4.78 is 0. The van der Waals surface area contributed by atoms with E-state index in [-0.39, 0.29) is 5.56 Å². The first-order valence-electron chi connectivity index (χ1n) is 6.78. The molecule has 2 heterocycles. The van der Waals surface area contributed by atoms with Gasteiger partial charge in [-0.15, -0.1) is 0 Å². The number of rotatable bonds is 3. The van der Waals surface area contributed by atoms with Crippen molar-refractivity contribution in [2.45, 2.75) is 43.2 Å². The predicted octanol–water partition coefficient (Wildman–Crippen LogP) is 2.83. The third-order valence-electron chi connectivity index (χ3n) is 3.55. The normalized spacial score (nSPS) is 13.2. The van der Waals surface area contributed by atoms with Gasteiger partial charge in [-0.3, -0.25) is 0 Å². The lowest BCUT2D eigenvalue weighted by molar-refractivity contribution is 0.0691. The summed E-state index contributed by atoms with van der Waals surface area (Å²) in [5, 5.41) is 10.8. The van der Waals surface area contributed by atoms with E-state index in [4.69, 9.17) is 0 Å². The molecule has 0 unspecified atom stereocenters. The fourth-order valence-electron chi connectivity index (χ4n) is 2.65. The SMILES string of the molecule is Cc1cc(C)c(C(=O)O)c(Sc2ncnc3c2CCC3)n1. The van der Waals surface area contributed by atoms with Crippen LogP contribution in [0.4, 0.5) is 0 Å². The molecular formula is C15H15N3O2S. The molecule has 0 amide bonds. The summed E-state index contributed by atoms with van der Waals surface area (Å²) in [5.41, 5.74) is 4.01. The Kier molecular flexibility index (Phi) is 3.63. The standard InChI is InChI=1S/C15H15N3O2S/c1-8-6-9(2)18-14(12(8)15(19)20)21-13-10-4-3-5-11(10)16-7-17-13/h6-7H,3-5H2,1-2H3,(H,19,20). The van der Waals surface area contributed by atoms with Gasteiger partial charge in [-0.1, -0.05) is 0 Å². The van der Waals surface area contributed by atoms with E-state index >= 15 is 0 Å². The minimum Gasteiger partial charge on any atom is -0.478 e. The number of nitrogens with zero attached hydrogens (tertiary/aromatic N) is 3. The summed E-state index contributed by atoms with van der Waals surface area (Å²) >= 11 is 1.33. The van der Waals surface area contributed by atoms with Crippen molar-refractivity contribution in [3.05, 3.63) is 40.5 Å². The average Bonchev–Trinajstić information content (AvgIpc) is 2.86. The Morgan fingerprint density at radius 3 is 2.81 bits per heavy atom. The zero-order valence-corrected chi connectivity index (χ0v) is 12.7. The quantitative estimate of drug-likeness (QED) is 0.879. The van der Waals surface area contributed by atoms with Crippen molar-refractivity contribution >= 4 is 17.7 Å². The highest BCUT2D eigenvalue weighted by Gasteiger charge is 2.22. The first-order chi connectivity index (χ1) is 10.1. The summed E-state index contributed by atoms with van der Waals surface area (Å²) in [6.45, 7) is 3.67. The van der Waals surface area contributed by atoms with Crippen molar-refractivity contribution < 1.29 is 9.90 Å². The molecule has 1 aliphatic rings. The van der Waals surface area contributed by atoms with Crippen molar-refractivity contribution in [3.63, 3.8) is 0 Å². The average molecular weight is 301 g/mol. The summed E-state index contributed by atoms with van der Waals surface area (Å²) in [7, 11) is 0. The molecule has 3 rings (SSSR count). The van der Waals surface area contributed by atoms with Gasteiger partial charge in [0, 0.05) is 17.0 Å². The largest absolute Gasteiger partial charge is 0.478 e. The molecule has 0 aliphatic heterocycles. The van der Waals surface area contributed by atoms with Crippen molar-refractivity contribution in [3.8, 4) is 0 Å². The summed E-state index contributed by atoms with van der Waals surface area (Å²) in [6.07, 6.45) is 4.55. The van der Waals surface area contributed by atoms with Gasteiger partial charge in [0.15, 0.2) is 0 Å². The number of hydrogen-bond donors (Lipinski definition) is 1. The van der Waals surface area contributed by atoms with Gasteiger partial charge >= 0.3 is 5.97 Å². The number of aryl methyl sites for hydroxylation is 3. The van der Waals surface area contributed by atoms with E-state index in [0.717, 1.165) is 46.8 Å². The second-order valence-corrected chi connectivity index (χ2v) is 6.10. The van der Waals surface area contributed by atoms with Gasteiger partial charge < -0.3 is 5.11 Å². The number of carboxylic acid groups (broad SMARTS) is 1. The Balaban J connectivity index is 2.07. The van der Waals surface area contributed by atoms with E-state index in [1.54, 1.807) is 19.3 Å². The topological polar surface area (TPSA) is 76.0 Å². The van der Waals surface area contributed by atoms with Crippen molar-refractivity contribution in [1.29, 1.82) is 0 Å². The first-order valence-corrected chi connectivity index (χ1v) is 7.60. The van der Waals surface area contributed by atoms with Gasteiger partial charge in [-0.05, 0) is 56.5 Å². The third-order valence-corrected chi connectivity index (χ3v) is 4.59. The van der Waals surface area contributed by atoms with Crippen molar-refractivity contribution in [2.24, 2.45) is 0 Å². The Morgan fingerprint density at radius 1 is 1.24 bits per heavy atom. The van der Waals surface area contributed by atoms with Crippen LogP contribution in [0, 0.1) is 13.8 Å². The highest BCUT2D eigenvalue weighted by atomic mass is 32.2. The maximum Gasteiger partial charge on any atom is 0.338 e. The molecule has 0 aromatic carbocycles. The fraction of sp³-hybridized carbons (Fsp3) is 0.333. The van der Waals surface area contributed by atoms with E-state index in [0.29, 0.717) is 5.03 Å². The molecular weight excluding hydrogens is 286 g/mol. The molecule has 6 heteroatoms. The monoisotopic (exact) mass is 301 g/mol. The van der Waals surface area contributed by atoms with Gasteiger partial charge in [0.2, 0.25) is 0 Å². The van der Waals surface area contributed by atoms with Crippen LogP contribution in [0.25, 0.3) is 0 Å². The third kappa shape index (κ3) is 2.63. The van der Waals surface area contributed by atoms with Crippen LogP contribution in [-0.4, -0.2) is 26.0 Å². The molecule has 5 nitrogen and oxygen atoms in total. The molecule has 1 N–H and O–H groups in total. The van der Waals surface area contributed by atoms with E-state index in [1.165, 1.54) is 11.8 Å². The van der Waals surface area contributed by atoms with Gasteiger partial charge in [0.25, 0.3) is 0 Å². The number of aromatic carboxylic acids is 1. The van der Waals surface area contributed by atoms with Gasteiger partial charge in [-0.25, -0.2) is 19.7 Å². The summed E-state index contributed by atoms with van der Waals surface area (Å²) in [4.78, 5) is 24.5. The molecule has 108 valence electrons. The Hall–Kier alpha value is -1.95. The Morgan fingerprint density at radius 2 is 2.05 bits per heavy atom. The predicted molar refractivity (Wildman–Crippen MR) is 78.9 cm³/mol. The van der Waals surface area contributed by atoms with Crippen LogP contribution < -0.4 is 0 Å². The maximum absolute atomic E-state index is 11.5. The molecule has 0 fully saturated rings. The van der Waals surface area contributed by atoms with Crippen LogP contribution in [0.3, 0.4) is 0 Å². The Labute approximate surface area is 126 Å². The minimum atomic E-state index is -0.951. The number of pyridine rings is 1. The molecule has 0 saturated heterocycles. The number of fused-ring (bicyclic) bond motifs is 1. The zero-order chi connectivity index (χ0) is 15.0. The van der Waals surface area contributed by atoms with Crippen LogP contribution in [0.5, 0.6) is 0 Å². The molecule has 21 heavy (non-hydrogen) atoms. The summed E-state index contributed by atoms with van der Waals surface area (Å²) in [6, 6.07) is 1.79. The van der Waals surface area contributed by atoms with E-state index in [2.05, 4.69) is 15.0 Å². The lowest BCUT2D eigenvalue weighted by Crippen LogP contribution is -2.06. The molecule has 0 spiro atoms. The van der Waals surface area contributed by atoms with Gasteiger partial charge in [0.1, 0.15) is 16.4 Å². The molecule has 0 bridgehead atoms. The van der Waals surface area contributed by atoms with Crippen LogP contribution in [0.15, 0.2) is 22.4 Å². The van der Waals surface area contributed by atoms with E-state index in [1.807, 2.05) is 6.92 Å². The van der Waals surface area contributed by atoms with Gasteiger partial charge in [-0.2, -0.15) is 0 Å². The number of carboxylic acids is 1. The minimum absolute atomic E-state index is 0.260. The van der Waals surface area contributed by atoms with Crippen molar-refractivity contribution in [1.82, 2.24) is 15.0 Å². The second-order valence-electron chi connectivity index (χ2n) is 5.13. The number of hydrogen-bond acceptors (Lipinski definition) is 5. The fourth-order valence-corrected chi connectivity index (χ4v) is 3.81. The molecule has 2 aromatic rings. The van der Waals surface area contributed by atoms with Crippen LogP contribution in [-0.2, 0) is 12.8 Å². The molecule has 0 saturated carbocycles. The lowest BCUT2D eigenvalue weighted by Gasteiger charge is -2.10. The second kappa shape index (κ2) is 5.44. The van der Waals surface area contributed by atoms with Crippen LogP contribution >= 0.6 is 11.8 Å². The Bertz CT molecular complexity index is 731. The highest BCUT2D eigenvalue weighted by molar-refractivity contribution is 7.99. The van der Waals surface area contributed by atoms with Crippen LogP contribution in [0.1, 0.15) is 39.3 Å². The number of carbonyl (C=O) groups is 1. The maximum atomic E-state index is 11.5. The van der Waals surface area contributed by atoms with E-state index < -0.39 is 5.97 Å². The first kappa shape index (κ1) is 14.0. The smallest absolute Gasteiger partial charge is 0.338 e. The molecule has 0 atom stereocenters. The molecule has 1 aliphatic carbocycles. The lowest BCUT2D eigenvalue weighted by atomic mass is 10.1. The highest BCUT2D eigenvalue weighted by Crippen LogP contribution is 2.35. The molecule has 0 radical (unpaired) electrons. The summed E-state index contributed by atoms with van der Waals surface area (Å²) in [5.74, 6) is -0.951. The number of aromatic nitrogens is 3. The zero-order valence-electron chi connectivity index (χ0n) is 11.9. The van der Waals surface area contributed by atoms with Crippen molar-refractivity contribution in [2.75, 3.05) is 0 Å². The van der Waals surface area contributed by atoms with E-state index in [9.17, 15) is 9.90 Å². The molecule has 2 aromatic heterocycles. The van der Waals surface area contributed by atoms with Crippen LogP contribution in [0.2, 0.25) is 0 Å².